The maximum atomic E-state index is 11.0. The van der Waals surface area contributed by atoms with Crippen molar-refractivity contribution in [1.29, 1.82) is 0 Å². The third-order valence-electron chi connectivity index (χ3n) is 6.59. The number of carbonyl (C=O) groups is 1. The van der Waals surface area contributed by atoms with E-state index in [2.05, 4.69) is 34.9 Å². The molecule has 2 aliphatic rings. The molecule has 0 aliphatic carbocycles. The molecule has 0 bridgehead atoms. The molecule has 5 heterocycles. The lowest BCUT2D eigenvalue weighted by molar-refractivity contribution is -0.126. The molecule has 1 amide bonds. The van der Waals surface area contributed by atoms with Gasteiger partial charge in [0.15, 0.2) is 5.65 Å². The molecule has 1 saturated heterocycles. The predicted octanol–water partition coefficient (Wildman–Crippen LogP) is 3.52. The Hall–Kier alpha value is -4.24. The number of rotatable bonds is 4. The summed E-state index contributed by atoms with van der Waals surface area (Å²) in [5.41, 5.74) is 11.3. The molecule has 0 spiro atoms. The molecular weight excluding hydrogens is 468 g/mol. The van der Waals surface area contributed by atoms with Gasteiger partial charge in [-0.25, -0.2) is 9.50 Å². The summed E-state index contributed by atoms with van der Waals surface area (Å²) in [6.07, 6.45) is 7.71. The monoisotopic (exact) mass is 498 g/mol. The molecule has 0 saturated carbocycles. The number of hydrogen-bond donors (Lipinski definition) is 1. The van der Waals surface area contributed by atoms with E-state index in [0.717, 1.165) is 72.9 Å². The van der Waals surface area contributed by atoms with E-state index in [9.17, 15) is 4.79 Å². The second-order valence-corrected chi connectivity index (χ2v) is 8.98. The van der Waals surface area contributed by atoms with Crippen LogP contribution in [0.2, 0.25) is 0 Å². The molecule has 1 aromatic carbocycles. The van der Waals surface area contributed by atoms with Gasteiger partial charge in [0.25, 0.3) is 0 Å². The van der Waals surface area contributed by atoms with Crippen molar-refractivity contribution in [3.63, 3.8) is 0 Å². The lowest BCUT2D eigenvalue weighted by Crippen LogP contribution is -2.42. The predicted molar refractivity (Wildman–Crippen MR) is 141 cm³/mol. The first-order chi connectivity index (χ1) is 18.1. The van der Waals surface area contributed by atoms with E-state index >= 15 is 0 Å². The first-order valence-corrected chi connectivity index (χ1v) is 12.3. The molecule has 0 unspecified atom stereocenters. The molecule has 9 heteroatoms. The van der Waals surface area contributed by atoms with E-state index < -0.39 is 0 Å². The van der Waals surface area contributed by atoms with E-state index in [4.69, 9.17) is 20.2 Å². The third-order valence-corrected chi connectivity index (χ3v) is 6.59. The van der Waals surface area contributed by atoms with Crippen molar-refractivity contribution < 1.29 is 14.3 Å². The van der Waals surface area contributed by atoms with Crippen LogP contribution < -0.4 is 15.2 Å². The van der Waals surface area contributed by atoms with Crippen LogP contribution in [0.15, 0.2) is 67.5 Å². The Labute approximate surface area is 215 Å². The number of pyridine rings is 1. The Kier molecular flexibility index (Phi) is 7.14. The van der Waals surface area contributed by atoms with Gasteiger partial charge in [-0.05, 0) is 48.7 Å². The van der Waals surface area contributed by atoms with Gasteiger partial charge in [0, 0.05) is 55.1 Å². The first-order valence-electron chi connectivity index (χ1n) is 12.3. The van der Waals surface area contributed by atoms with Crippen molar-refractivity contribution in [3.8, 4) is 34.1 Å². The van der Waals surface area contributed by atoms with Gasteiger partial charge in [-0.2, -0.15) is 0 Å². The van der Waals surface area contributed by atoms with Crippen LogP contribution in [-0.2, 0) is 11.2 Å². The van der Waals surface area contributed by atoms with Crippen molar-refractivity contribution in [1.82, 2.24) is 24.5 Å². The second kappa shape index (κ2) is 10.8. The maximum absolute atomic E-state index is 11.0. The minimum Gasteiger partial charge on any atom is -0.493 e. The molecule has 2 aliphatic heterocycles. The largest absolute Gasteiger partial charge is 0.493 e. The SMILES string of the molecule is C=CC(=O)N1CCC(N)CC1.COc1ccc2nc(-c3ccc4c(c3)OCC4)c(-c3cccnc3)n2n1. The van der Waals surface area contributed by atoms with Crippen LogP contribution in [0.25, 0.3) is 28.2 Å². The summed E-state index contributed by atoms with van der Waals surface area (Å²) in [5, 5.41) is 4.56. The van der Waals surface area contributed by atoms with Crippen LogP contribution in [0.3, 0.4) is 0 Å². The van der Waals surface area contributed by atoms with Crippen LogP contribution in [0.4, 0.5) is 0 Å². The Morgan fingerprint density at radius 3 is 2.76 bits per heavy atom. The average Bonchev–Trinajstić information content (AvgIpc) is 3.57. The number of imidazole rings is 1. The molecule has 3 aromatic heterocycles. The van der Waals surface area contributed by atoms with Crippen molar-refractivity contribution in [3.05, 3.63) is 73.1 Å². The molecule has 4 aromatic rings. The summed E-state index contributed by atoms with van der Waals surface area (Å²) in [6.45, 7) is 5.73. The minimum atomic E-state index is 0.0249. The van der Waals surface area contributed by atoms with E-state index in [1.165, 1.54) is 11.6 Å². The molecule has 0 radical (unpaired) electrons. The Bertz CT molecular complexity index is 1410. The number of carbonyl (C=O) groups excluding carboxylic acids is 1. The molecule has 2 N–H and O–H groups in total. The average molecular weight is 499 g/mol. The minimum absolute atomic E-state index is 0.0249. The Morgan fingerprint density at radius 2 is 2.03 bits per heavy atom. The Balaban J connectivity index is 0.000000215. The van der Waals surface area contributed by atoms with Gasteiger partial charge in [-0.15, -0.1) is 5.10 Å². The highest BCUT2D eigenvalue weighted by Gasteiger charge is 2.21. The molecule has 6 rings (SSSR count). The highest BCUT2D eigenvalue weighted by molar-refractivity contribution is 5.87. The van der Waals surface area contributed by atoms with Crippen molar-refractivity contribution in [2.24, 2.45) is 5.73 Å². The number of methoxy groups -OCH3 is 1. The van der Waals surface area contributed by atoms with Gasteiger partial charge in [0.05, 0.1) is 19.4 Å². The number of benzene rings is 1. The van der Waals surface area contributed by atoms with Crippen LogP contribution in [-0.4, -0.2) is 63.2 Å². The van der Waals surface area contributed by atoms with Crippen LogP contribution >= 0.6 is 0 Å². The van der Waals surface area contributed by atoms with E-state index in [0.29, 0.717) is 5.88 Å². The highest BCUT2D eigenvalue weighted by atomic mass is 16.5. The van der Waals surface area contributed by atoms with Gasteiger partial charge < -0.3 is 20.1 Å². The number of hydrogen-bond acceptors (Lipinski definition) is 7. The van der Waals surface area contributed by atoms with Gasteiger partial charge >= 0.3 is 0 Å². The second-order valence-electron chi connectivity index (χ2n) is 8.98. The number of ether oxygens (including phenoxy) is 2. The fraction of sp³-hybridized carbons (Fsp3) is 0.286. The normalized spacial score (nSPS) is 14.9. The van der Waals surface area contributed by atoms with Crippen LogP contribution in [0.5, 0.6) is 11.6 Å². The first kappa shape index (κ1) is 24.5. The maximum Gasteiger partial charge on any atom is 0.245 e. The smallest absolute Gasteiger partial charge is 0.245 e. The quantitative estimate of drug-likeness (QED) is 0.429. The van der Waals surface area contributed by atoms with E-state index in [-0.39, 0.29) is 11.9 Å². The summed E-state index contributed by atoms with van der Waals surface area (Å²) in [6, 6.07) is 14.2. The summed E-state index contributed by atoms with van der Waals surface area (Å²) in [7, 11) is 1.60. The Morgan fingerprint density at radius 1 is 1.19 bits per heavy atom. The summed E-state index contributed by atoms with van der Waals surface area (Å²) < 4.78 is 12.8. The fourth-order valence-electron chi connectivity index (χ4n) is 4.55. The highest BCUT2D eigenvalue weighted by Crippen LogP contribution is 2.36. The number of fused-ring (bicyclic) bond motifs is 2. The third kappa shape index (κ3) is 5.17. The molecule has 37 heavy (non-hydrogen) atoms. The van der Waals surface area contributed by atoms with Crippen molar-refractivity contribution in [2.45, 2.75) is 25.3 Å². The summed E-state index contributed by atoms with van der Waals surface area (Å²) in [4.78, 5) is 21.9. The molecule has 190 valence electrons. The summed E-state index contributed by atoms with van der Waals surface area (Å²) in [5.74, 6) is 1.49. The van der Waals surface area contributed by atoms with E-state index in [1.54, 1.807) is 22.7 Å². The standard InChI is InChI=1S/C20H16N4O2.C8H14N2O/c1-25-18-7-6-17-22-19(14-5-4-13-8-10-26-16(13)11-14)20(24(17)23-18)15-3-2-9-21-12-15;1-2-8(11)10-5-3-7(9)4-6-10/h2-7,9,11-12H,8,10H2,1H3;2,7H,1,3-6,9H2. The van der Waals surface area contributed by atoms with Crippen molar-refractivity contribution in [2.75, 3.05) is 26.8 Å². The van der Waals surface area contributed by atoms with Crippen LogP contribution in [0.1, 0.15) is 18.4 Å². The van der Waals surface area contributed by atoms with Gasteiger partial charge in [0.2, 0.25) is 11.8 Å². The number of nitrogens with two attached hydrogens (primary N) is 1. The lowest BCUT2D eigenvalue weighted by atomic mass is 10.0. The van der Waals surface area contributed by atoms with E-state index in [1.807, 2.05) is 30.5 Å². The fourth-order valence-corrected chi connectivity index (χ4v) is 4.55. The number of aromatic nitrogens is 4. The number of piperidine rings is 1. The van der Waals surface area contributed by atoms with Gasteiger partial charge in [-0.1, -0.05) is 18.7 Å². The zero-order valence-corrected chi connectivity index (χ0v) is 20.8. The van der Waals surface area contributed by atoms with Crippen LogP contribution in [0, 0.1) is 0 Å². The van der Waals surface area contributed by atoms with Crippen molar-refractivity contribution >= 4 is 11.6 Å². The lowest BCUT2D eigenvalue weighted by Gasteiger charge is -2.29. The molecule has 1 fully saturated rings. The summed E-state index contributed by atoms with van der Waals surface area (Å²) >= 11 is 0. The zero-order valence-electron chi connectivity index (χ0n) is 20.8. The zero-order chi connectivity index (χ0) is 25.8. The number of nitrogens with zero attached hydrogens (tertiary/aromatic N) is 5. The van der Waals surface area contributed by atoms with Gasteiger partial charge in [-0.3, -0.25) is 9.78 Å². The number of likely N-dealkylation sites (tertiary alicyclic amines) is 1. The van der Waals surface area contributed by atoms with Gasteiger partial charge in [0.1, 0.15) is 11.4 Å². The molecule has 9 nitrogen and oxygen atoms in total. The number of amides is 1. The molecule has 0 atom stereocenters. The molecular formula is C28H30N6O3. The topological polar surface area (TPSA) is 108 Å².